The van der Waals surface area contributed by atoms with Gasteiger partial charge in [-0.3, -0.25) is 4.79 Å². The van der Waals surface area contributed by atoms with Crippen molar-refractivity contribution in [3.8, 4) is 0 Å². The molecule has 2 N–H and O–H groups in total. The molecule has 1 aromatic rings. The number of urea groups is 1. The van der Waals surface area contributed by atoms with Gasteiger partial charge < -0.3 is 15.3 Å². The van der Waals surface area contributed by atoms with E-state index >= 15 is 0 Å². The lowest BCUT2D eigenvalue weighted by Gasteiger charge is -2.20. The summed E-state index contributed by atoms with van der Waals surface area (Å²) < 4.78 is 1.04. The number of nitrogens with one attached hydrogen (secondary N) is 1. The summed E-state index contributed by atoms with van der Waals surface area (Å²) in [5.74, 6) is -1.09. The number of hydrogen-bond donors (Lipinski definition) is 2. The second-order valence-electron chi connectivity index (χ2n) is 5.11. The number of aliphatic carboxylic acids is 1. The molecule has 0 aromatic carbocycles. The van der Waals surface area contributed by atoms with Gasteiger partial charge in [0.1, 0.15) is 0 Å². The second-order valence-corrected chi connectivity index (χ2v) is 7.40. The summed E-state index contributed by atoms with van der Waals surface area (Å²) in [4.78, 5) is 24.5. The topological polar surface area (TPSA) is 69.6 Å². The minimum atomic E-state index is -0.766. The molecule has 1 saturated carbocycles. The Morgan fingerprint density at radius 2 is 2.30 bits per heavy atom. The molecule has 5 nitrogen and oxygen atoms in total. The van der Waals surface area contributed by atoms with Crippen LogP contribution >= 0.6 is 27.3 Å². The van der Waals surface area contributed by atoms with Crippen molar-refractivity contribution in [2.24, 2.45) is 5.92 Å². The van der Waals surface area contributed by atoms with Gasteiger partial charge in [0.15, 0.2) is 0 Å². The van der Waals surface area contributed by atoms with Gasteiger partial charge in [-0.15, -0.1) is 11.3 Å². The van der Waals surface area contributed by atoms with Crippen molar-refractivity contribution in [1.82, 2.24) is 10.2 Å². The Bertz CT molecular complexity index is 506. The summed E-state index contributed by atoms with van der Waals surface area (Å²) in [6.45, 7) is 0.545. The quantitative estimate of drug-likeness (QED) is 0.867. The van der Waals surface area contributed by atoms with E-state index in [9.17, 15) is 9.59 Å². The lowest BCUT2D eigenvalue weighted by molar-refractivity contribution is -0.141. The molecule has 1 heterocycles. The van der Waals surface area contributed by atoms with E-state index in [1.807, 2.05) is 11.4 Å². The van der Waals surface area contributed by atoms with Gasteiger partial charge in [0.2, 0.25) is 0 Å². The molecule has 2 atom stereocenters. The predicted octanol–water partition coefficient (Wildman–Crippen LogP) is 2.91. The molecule has 0 bridgehead atoms. The fraction of sp³-hybridized carbons (Fsp3) is 0.538. The zero-order chi connectivity index (χ0) is 14.7. The first-order chi connectivity index (χ1) is 9.45. The van der Waals surface area contributed by atoms with Crippen molar-refractivity contribution < 1.29 is 14.7 Å². The van der Waals surface area contributed by atoms with E-state index in [0.717, 1.165) is 15.8 Å². The molecule has 20 heavy (non-hydrogen) atoms. The van der Waals surface area contributed by atoms with E-state index < -0.39 is 5.97 Å². The molecule has 2 amide bonds. The zero-order valence-electron chi connectivity index (χ0n) is 11.1. The Labute approximate surface area is 130 Å². The highest BCUT2D eigenvalue weighted by molar-refractivity contribution is 9.11. The molecule has 0 saturated heterocycles. The number of carbonyl (C=O) groups is 2. The molecule has 0 radical (unpaired) electrons. The number of halogens is 1. The Kier molecular flexibility index (Phi) is 5.04. The summed E-state index contributed by atoms with van der Waals surface area (Å²) in [6, 6.07) is 1.81. The van der Waals surface area contributed by atoms with E-state index in [2.05, 4.69) is 21.2 Å². The van der Waals surface area contributed by atoms with Crippen LogP contribution in [0.5, 0.6) is 0 Å². The van der Waals surface area contributed by atoms with Gasteiger partial charge in [0, 0.05) is 19.6 Å². The van der Waals surface area contributed by atoms with Gasteiger partial charge in [-0.05, 0) is 52.2 Å². The minimum Gasteiger partial charge on any atom is -0.481 e. The molecule has 0 spiro atoms. The van der Waals surface area contributed by atoms with Crippen molar-refractivity contribution in [2.45, 2.75) is 31.8 Å². The SMILES string of the molecule is CN(Cc1csc(Br)c1)C(=O)N[C@H]1CC[C@@H](C(=O)O)C1. The molecule has 1 fully saturated rings. The molecule has 0 unspecified atom stereocenters. The van der Waals surface area contributed by atoms with E-state index in [4.69, 9.17) is 5.11 Å². The maximum absolute atomic E-state index is 12.0. The Morgan fingerprint density at radius 1 is 1.55 bits per heavy atom. The van der Waals surface area contributed by atoms with Crippen LogP contribution in [-0.4, -0.2) is 35.1 Å². The number of carboxylic acid groups (broad SMARTS) is 1. The van der Waals surface area contributed by atoms with Crippen molar-refractivity contribution in [3.63, 3.8) is 0 Å². The van der Waals surface area contributed by atoms with E-state index in [1.54, 1.807) is 23.3 Å². The molecule has 110 valence electrons. The Hall–Kier alpha value is -1.08. The van der Waals surface area contributed by atoms with Gasteiger partial charge in [0.05, 0.1) is 9.70 Å². The lowest BCUT2D eigenvalue weighted by Crippen LogP contribution is -2.41. The molecule has 1 aliphatic carbocycles. The molecule has 1 aliphatic rings. The van der Waals surface area contributed by atoms with Gasteiger partial charge in [0.25, 0.3) is 0 Å². The Balaban J connectivity index is 1.81. The highest BCUT2D eigenvalue weighted by Gasteiger charge is 2.31. The van der Waals surface area contributed by atoms with Gasteiger partial charge >= 0.3 is 12.0 Å². The van der Waals surface area contributed by atoms with Crippen LogP contribution < -0.4 is 5.32 Å². The standard InChI is InChI=1S/C13H17BrN2O3S/c1-16(6-8-4-11(14)20-7-8)13(19)15-10-3-2-9(5-10)12(17)18/h4,7,9-10H,2-3,5-6H2,1H3,(H,15,19)(H,17,18)/t9-,10+/m1/s1. The number of nitrogens with zero attached hydrogens (tertiary/aromatic N) is 1. The van der Waals surface area contributed by atoms with Crippen molar-refractivity contribution in [1.29, 1.82) is 0 Å². The molecule has 1 aromatic heterocycles. The van der Waals surface area contributed by atoms with Crippen LogP contribution in [0.4, 0.5) is 4.79 Å². The van der Waals surface area contributed by atoms with Crippen LogP contribution in [0.15, 0.2) is 15.2 Å². The third kappa shape index (κ3) is 3.96. The molecular weight excluding hydrogens is 344 g/mol. The van der Waals surface area contributed by atoms with Crippen molar-refractivity contribution in [3.05, 3.63) is 20.8 Å². The maximum Gasteiger partial charge on any atom is 0.317 e. The van der Waals surface area contributed by atoms with Crippen LogP contribution in [0.25, 0.3) is 0 Å². The Morgan fingerprint density at radius 3 is 2.85 bits per heavy atom. The highest BCUT2D eigenvalue weighted by atomic mass is 79.9. The van der Waals surface area contributed by atoms with Crippen molar-refractivity contribution >= 4 is 39.3 Å². The van der Waals surface area contributed by atoms with Crippen LogP contribution in [0, 0.1) is 5.92 Å². The highest BCUT2D eigenvalue weighted by Crippen LogP contribution is 2.26. The lowest BCUT2D eigenvalue weighted by atomic mass is 10.1. The monoisotopic (exact) mass is 360 g/mol. The number of carbonyl (C=O) groups excluding carboxylic acids is 1. The maximum atomic E-state index is 12.0. The van der Waals surface area contributed by atoms with Crippen LogP contribution in [-0.2, 0) is 11.3 Å². The average Bonchev–Trinajstić information content (AvgIpc) is 2.98. The van der Waals surface area contributed by atoms with Gasteiger partial charge in [-0.1, -0.05) is 0 Å². The molecular formula is C13H17BrN2O3S. The van der Waals surface area contributed by atoms with Crippen LogP contribution in [0.1, 0.15) is 24.8 Å². The smallest absolute Gasteiger partial charge is 0.317 e. The number of carboxylic acids is 1. The summed E-state index contributed by atoms with van der Waals surface area (Å²) in [5, 5.41) is 13.9. The summed E-state index contributed by atoms with van der Waals surface area (Å²) >= 11 is 4.98. The predicted molar refractivity (Wildman–Crippen MR) is 80.8 cm³/mol. The third-order valence-electron chi connectivity index (χ3n) is 3.50. The fourth-order valence-electron chi connectivity index (χ4n) is 2.40. The number of rotatable bonds is 4. The third-order valence-corrected chi connectivity index (χ3v) is 5.05. The largest absolute Gasteiger partial charge is 0.481 e. The molecule has 0 aliphatic heterocycles. The minimum absolute atomic E-state index is 0.0275. The van der Waals surface area contributed by atoms with E-state index in [-0.39, 0.29) is 18.0 Å². The number of amides is 2. The first kappa shape index (κ1) is 15.3. The normalized spacial score (nSPS) is 21.7. The zero-order valence-corrected chi connectivity index (χ0v) is 13.5. The van der Waals surface area contributed by atoms with Crippen LogP contribution in [0.3, 0.4) is 0 Å². The number of thiophene rings is 1. The molecule has 2 rings (SSSR count). The average molecular weight is 361 g/mol. The molecule has 7 heteroatoms. The van der Waals surface area contributed by atoms with Crippen LogP contribution in [0.2, 0.25) is 0 Å². The first-order valence-electron chi connectivity index (χ1n) is 6.43. The van der Waals surface area contributed by atoms with E-state index in [0.29, 0.717) is 19.4 Å². The number of hydrogen-bond acceptors (Lipinski definition) is 3. The van der Waals surface area contributed by atoms with Crippen molar-refractivity contribution in [2.75, 3.05) is 7.05 Å². The van der Waals surface area contributed by atoms with Gasteiger partial charge in [-0.2, -0.15) is 0 Å². The summed E-state index contributed by atoms with van der Waals surface area (Å²) in [5.41, 5.74) is 1.08. The first-order valence-corrected chi connectivity index (χ1v) is 8.10. The van der Waals surface area contributed by atoms with Gasteiger partial charge in [-0.25, -0.2) is 4.79 Å². The summed E-state index contributed by atoms with van der Waals surface area (Å²) in [7, 11) is 1.74. The fourth-order valence-corrected chi connectivity index (χ4v) is 3.60. The second kappa shape index (κ2) is 6.58. The van der Waals surface area contributed by atoms with E-state index in [1.165, 1.54) is 0 Å². The summed E-state index contributed by atoms with van der Waals surface area (Å²) in [6.07, 6.45) is 1.90.